The van der Waals surface area contributed by atoms with Gasteiger partial charge in [-0.2, -0.15) is 0 Å². The summed E-state index contributed by atoms with van der Waals surface area (Å²) < 4.78 is 7.46. The zero-order chi connectivity index (χ0) is 14.9. The second kappa shape index (κ2) is 5.31. The van der Waals surface area contributed by atoms with Crippen molar-refractivity contribution in [2.75, 3.05) is 13.1 Å². The van der Waals surface area contributed by atoms with Crippen LogP contribution in [0.2, 0.25) is 0 Å². The Labute approximate surface area is 120 Å². The molecule has 1 aromatic rings. The number of nitrogens with zero attached hydrogens (tertiary/aromatic N) is 3. The van der Waals surface area contributed by atoms with Gasteiger partial charge in [0.25, 0.3) is 0 Å². The van der Waals surface area contributed by atoms with Gasteiger partial charge in [-0.3, -0.25) is 0 Å². The Hall–Kier alpha value is -1.78. The number of carbonyl (C=O) groups is 1. The summed E-state index contributed by atoms with van der Waals surface area (Å²) in [5.74, 6) is 0.992. The first kappa shape index (κ1) is 14.6. The SMILES string of the molecule is Cc1cnc(C2=CCN(C(=O)OC(C)(C)C)CC2)n1C. The van der Waals surface area contributed by atoms with E-state index in [0.29, 0.717) is 13.1 Å². The summed E-state index contributed by atoms with van der Waals surface area (Å²) in [7, 11) is 2.01. The molecule has 2 rings (SSSR count). The molecule has 0 saturated heterocycles. The van der Waals surface area contributed by atoms with Crippen molar-refractivity contribution >= 4 is 11.7 Å². The number of hydrogen-bond acceptors (Lipinski definition) is 3. The normalized spacial score (nSPS) is 16.1. The van der Waals surface area contributed by atoms with E-state index in [1.54, 1.807) is 4.90 Å². The zero-order valence-electron chi connectivity index (χ0n) is 12.9. The van der Waals surface area contributed by atoms with Crippen LogP contribution in [0.15, 0.2) is 12.3 Å². The number of carbonyl (C=O) groups excluding carboxylic acids is 1. The lowest BCUT2D eigenvalue weighted by atomic mass is 10.1. The van der Waals surface area contributed by atoms with Crippen LogP contribution in [0, 0.1) is 6.92 Å². The van der Waals surface area contributed by atoms with Crippen LogP contribution in [0.1, 0.15) is 38.7 Å². The molecule has 2 heterocycles. The molecular formula is C15H23N3O2. The number of aromatic nitrogens is 2. The Morgan fingerprint density at radius 3 is 2.55 bits per heavy atom. The van der Waals surface area contributed by atoms with Crippen molar-refractivity contribution in [3.63, 3.8) is 0 Å². The highest BCUT2D eigenvalue weighted by atomic mass is 16.6. The molecule has 0 bridgehead atoms. The Kier molecular flexibility index (Phi) is 3.88. The summed E-state index contributed by atoms with van der Waals surface area (Å²) >= 11 is 0. The fraction of sp³-hybridized carbons (Fsp3) is 0.600. The molecule has 0 saturated carbocycles. The van der Waals surface area contributed by atoms with Crippen LogP contribution in [0.5, 0.6) is 0 Å². The minimum Gasteiger partial charge on any atom is -0.444 e. The number of hydrogen-bond donors (Lipinski definition) is 0. The van der Waals surface area contributed by atoms with Gasteiger partial charge in [-0.1, -0.05) is 6.08 Å². The van der Waals surface area contributed by atoms with Crippen LogP contribution in [0.25, 0.3) is 5.57 Å². The molecule has 110 valence electrons. The van der Waals surface area contributed by atoms with E-state index < -0.39 is 5.60 Å². The van der Waals surface area contributed by atoms with Gasteiger partial charge < -0.3 is 14.2 Å². The van der Waals surface area contributed by atoms with Crippen molar-refractivity contribution in [2.45, 2.75) is 39.7 Å². The molecule has 0 atom stereocenters. The second-order valence-electron chi connectivity index (χ2n) is 6.19. The lowest BCUT2D eigenvalue weighted by Gasteiger charge is -2.29. The summed E-state index contributed by atoms with van der Waals surface area (Å²) in [5.41, 5.74) is 1.88. The first-order valence-corrected chi connectivity index (χ1v) is 6.93. The maximum absolute atomic E-state index is 12.0. The highest BCUT2D eigenvalue weighted by Crippen LogP contribution is 2.22. The van der Waals surface area contributed by atoms with Gasteiger partial charge in [-0.25, -0.2) is 9.78 Å². The Bertz CT molecular complexity index is 538. The summed E-state index contributed by atoms with van der Waals surface area (Å²) in [6.07, 6.45) is 4.50. The predicted molar refractivity (Wildman–Crippen MR) is 78.3 cm³/mol. The predicted octanol–water partition coefficient (Wildman–Crippen LogP) is 2.75. The van der Waals surface area contributed by atoms with Crippen molar-refractivity contribution in [1.82, 2.24) is 14.5 Å². The Morgan fingerprint density at radius 1 is 1.40 bits per heavy atom. The Morgan fingerprint density at radius 2 is 2.10 bits per heavy atom. The molecule has 0 fully saturated rings. The fourth-order valence-electron chi connectivity index (χ4n) is 2.16. The molecule has 1 amide bonds. The van der Waals surface area contributed by atoms with Crippen LogP contribution in [-0.4, -0.2) is 39.2 Å². The fourth-order valence-corrected chi connectivity index (χ4v) is 2.16. The van der Waals surface area contributed by atoms with E-state index in [1.807, 2.05) is 40.9 Å². The summed E-state index contributed by atoms with van der Waals surface area (Å²) in [6, 6.07) is 0. The lowest BCUT2D eigenvalue weighted by molar-refractivity contribution is 0.0270. The topological polar surface area (TPSA) is 47.4 Å². The van der Waals surface area contributed by atoms with E-state index in [9.17, 15) is 4.79 Å². The van der Waals surface area contributed by atoms with Gasteiger partial charge in [-0.05, 0) is 39.7 Å². The summed E-state index contributed by atoms with van der Waals surface area (Å²) in [4.78, 5) is 18.1. The molecule has 5 nitrogen and oxygen atoms in total. The first-order chi connectivity index (χ1) is 9.28. The number of rotatable bonds is 1. The third-order valence-electron chi connectivity index (χ3n) is 3.37. The highest BCUT2D eigenvalue weighted by molar-refractivity contribution is 5.71. The average molecular weight is 277 g/mol. The van der Waals surface area contributed by atoms with E-state index in [-0.39, 0.29) is 6.09 Å². The molecule has 5 heteroatoms. The number of ether oxygens (including phenoxy) is 1. The maximum atomic E-state index is 12.0. The minimum atomic E-state index is -0.447. The zero-order valence-corrected chi connectivity index (χ0v) is 12.9. The minimum absolute atomic E-state index is 0.246. The molecule has 1 aliphatic rings. The van der Waals surface area contributed by atoms with Gasteiger partial charge >= 0.3 is 6.09 Å². The Balaban J connectivity index is 2.04. The third-order valence-corrected chi connectivity index (χ3v) is 3.37. The van der Waals surface area contributed by atoms with Crippen molar-refractivity contribution in [2.24, 2.45) is 7.05 Å². The molecule has 0 N–H and O–H groups in total. The van der Waals surface area contributed by atoms with Crippen LogP contribution >= 0.6 is 0 Å². The van der Waals surface area contributed by atoms with Gasteiger partial charge in [0.05, 0.1) is 0 Å². The molecule has 0 spiro atoms. The summed E-state index contributed by atoms with van der Waals surface area (Å²) in [6.45, 7) is 8.93. The van der Waals surface area contributed by atoms with Gasteiger partial charge in [0.15, 0.2) is 0 Å². The first-order valence-electron chi connectivity index (χ1n) is 6.93. The van der Waals surface area contributed by atoms with E-state index in [4.69, 9.17) is 4.74 Å². The van der Waals surface area contributed by atoms with E-state index >= 15 is 0 Å². The average Bonchev–Trinajstić information content (AvgIpc) is 2.68. The van der Waals surface area contributed by atoms with Gasteiger partial charge in [-0.15, -0.1) is 0 Å². The molecule has 0 aliphatic carbocycles. The van der Waals surface area contributed by atoms with Crippen LogP contribution in [0.3, 0.4) is 0 Å². The number of imidazole rings is 1. The molecule has 20 heavy (non-hydrogen) atoms. The maximum Gasteiger partial charge on any atom is 0.410 e. The van der Waals surface area contributed by atoms with E-state index in [2.05, 4.69) is 15.6 Å². The molecule has 0 aromatic carbocycles. The smallest absolute Gasteiger partial charge is 0.410 e. The molecule has 1 aliphatic heterocycles. The van der Waals surface area contributed by atoms with Crippen LogP contribution < -0.4 is 0 Å². The molecular weight excluding hydrogens is 254 g/mol. The number of aryl methyl sites for hydroxylation is 1. The van der Waals surface area contributed by atoms with Crippen LogP contribution in [0.4, 0.5) is 4.79 Å². The quantitative estimate of drug-likeness (QED) is 0.793. The van der Waals surface area contributed by atoms with Crippen LogP contribution in [-0.2, 0) is 11.8 Å². The van der Waals surface area contributed by atoms with Gasteiger partial charge in [0, 0.05) is 32.0 Å². The highest BCUT2D eigenvalue weighted by Gasteiger charge is 2.24. The second-order valence-corrected chi connectivity index (χ2v) is 6.19. The standard InChI is InChI=1S/C15H23N3O2/c1-11-10-16-13(17(11)5)12-6-8-18(9-7-12)14(19)20-15(2,3)4/h6,10H,7-9H2,1-5H3. The third kappa shape index (κ3) is 3.21. The van der Waals surface area contributed by atoms with E-state index in [0.717, 1.165) is 17.9 Å². The molecule has 0 unspecified atom stereocenters. The number of amides is 1. The van der Waals surface area contributed by atoms with Crippen molar-refractivity contribution < 1.29 is 9.53 Å². The molecule has 1 aromatic heterocycles. The monoisotopic (exact) mass is 277 g/mol. The lowest BCUT2D eigenvalue weighted by Crippen LogP contribution is -2.39. The van der Waals surface area contributed by atoms with Crippen molar-refractivity contribution in [3.8, 4) is 0 Å². The largest absolute Gasteiger partial charge is 0.444 e. The van der Waals surface area contributed by atoms with E-state index in [1.165, 1.54) is 5.57 Å². The van der Waals surface area contributed by atoms with Crippen molar-refractivity contribution in [1.29, 1.82) is 0 Å². The summed E-state index contributed by atoms with van der Waals surface area (Å²) in [5, 5.41) is 0. The van der Waals surface area contributed by atoms with Gasteiger partial charge in [0.1, 0.15) is 11.4 Å². The molecule has 0 radical (unpaired) electrons. The van der Waals surface area contributed by atoms with Crippen molar-refractivity contribution in [3.05, 3.63) is 23.8 Å². The van der Waals surface area contributed by atoms with Gasteiger partial charge in [0.2, 0.25) is 0 Å².